The first-order valence-electron chi connectivity index (χ1n) is 7.92. The van der Waals surface area contributed by atoms with Gasteiger partial charge in [-0.25, -0.2) is 4.98 Å². The average Bonchev–Trinajstić information content (AvgIpc) is 2.99. The normalized spacial score (nSPS) is 10.8. The predicted molar refractivity (Wildman–Crippen MR) is 115 cm³/mol. The molecule has 0 saturated heterocycles. The number of halogens is 1. The molecule has 0 aromatic carbocycles. The van der Waals surface area contributed by atoms with Crippen LogP contribution in [-0.4, -0.2) is 31.1 Å². The number of anilines is 1. The lowest BCUT2D eigenvalue weighted by Gasteiger charge is -2.12. The molecule has 2 aromatic rings. The zero-order valence-electron chi connectivity index (χ0n) is 14.2. The lowest BCUT2D eigenvalue weighted by Crippen LogP contribution is -2.37. The number of nitrogens with one attached hydrogen (secondary N) is 3. The Balaban J connectivity index is 0.00000288. The molecule has 7 heteroatoms. The minimum absolute atomic E-state index is 0. The van der Waals surface area contributed by atoms with E-state index in [1.54, 1.807) is 24.6 Å². The Kier molecular flexibility index (Phi) is 10.4. The van der Waals surface area contributed by atoms with Gasteiger partial charge in [0.15, 0.2) is 5.96 Å². The van der Waals surface area contributed by atoms with Gasteiger partial charge in [0.1, 0.15) is 5.82 Å². The van der Waals surface area contributed by atoms with Crippen LogP contribution in [0, 0.1) is 6.92 Å². The van der Waals surface area contributed by atoms with Gasteiger partial charge in [0.2, 0.25) is 0 Å². The number of hydrogen-bond donors (Lipinski definition) is 3. The van der Waals surface area contributed by atoms with Crippen LogP contribution in [0.15, 0.2) is 40.8 Å². The van der Waals surface area contributed by atoms with E-state index in [2.05, 4.69) is 44.3 Å². The van der Waals surface area contributed by atoms with Crippen molar-refractivity contribution in [3.05, 3.63) is 46.3 Å². The van der Waals surface area contributed by atoms with Gasteiger partial charge in [-0.1, -0.05) is 6.07 Å². The molecule has 0 amide bonds. The Bertz CT molecular complexity index is 600. The maximum atomic E-state index is 4.26. The molecule has 2 rings (SSSR count). The van der Waals surface area contributed by atoms with E-state index in [1.807, 2.05) is 18.2 Å². The first-order chi connectivity index (χ1) is 11.3. The largest absolute Gasteiger partial charge is 0.370 e. The SMILES string of the molecule is CN=C(NCCCCNc1ccccn1)NCc1sccc1C.I. The monoisotopic (exact) mass is 459 g/mol. The van der Waals surface area contributed by atoms with Crippen LogP contribution in [-0.2, 0) is 6.54 Å². The zero-order valence-corrected chi connectivity index (χ0v) is 17.4. The zero-order chi connectivity index (χ0) is 16.3. The summed E-state index contributed by atoms with van der Waals surface area (Å²) in [6.07, 6.45) is 3.97. The fraction of sp³-hybridized carbons (Fsp3) is 0.412. The van der Waals surface area contributed by atoms with Crippen molar-refractivity contribution in [2.75, 3.05) is 25.5 Å². The number of guanidine groups is 1. The molecule has 24 heavy (non-hydrogen) atoms. The third kappa shape index (κ3) is 7.48. The number of rotatable bonds is 8. The quantitative estimate of drug-likeness (QED) is 0.244. The summed E-state index contributed by atoms with van der Waals surface area (Å²) >= 11 is 1.78. The van der Waals surface area contributed by atoms with E-state index in [1.165, 1.54) is 10.4 Å². The highest BCUT2D eigenvalue weighted by Crippen LogP contribution is 2.14. The van der Waals surface area contributed by atoms with Crippen LogP contribution < -0.4 is 16.0 Å². The van der Waals surface area contributed by atoms with Crippen LogP contribution in [0.3, 0.4) is 0 Å². The molecule has 0 aliphatic carbocycles. The topological polar surface area (TPSA) is 61.3 Å². The number of aryl methyl sites for hydroxylation is 1. The summed E-state index contributed by atoms with van der Waals surface area (Å²) in [5.74, 6) is 1.79. The molecule has 0 bridgehead atoms. The fourth-order valence-electron chi connectivity index (χ4n) is 2.11. The van der Waals surface area contributed by atoms with Crippen LogP contribution in [0.5, 0.6) is 0 Å². The Morgan fingerprint density at radius 1 is 1.17 bits per heavy atom. The summed E-state index contributed by atoms with van der Waals surface area (Å²) in [4.78, 5) is 9.85. The van der Waals surface area contributed by atoms with Gasteiger partial charge in [-0.15, -0.1) is 35.3 Å². The number of thiophene rings is 1. The Hall–Kier alpha value is -1.35. The molecule has 5 nitrogen and oxygen atoms in total. The summed E-state index contributed by atoms with van der Waals surface area (Å²) in [7, 11) is 1.80. The lowest BCUT2D eigenvalue weighted by molar-refractivity contribution is 0.712. The van der Waals surface area contributed by atoms with Gasteiger partial charge in [0, 0.05) is 31.2 Å². The second-order valence-electron chi connectivity index (χ2n) is 5.23. The smallest absolute Gasteiger partial charge is 0.191 e. The Labute approximate surface area is 165 Å². The lowest BCUT2D eigenvalue weighted by atomic mass is 10.3. The number of nitrogens with zero attached hydrogens (tertiary/aromatic N) is 2. The van der Waals surface area contributed by atoms with Gasteiger partial charge in [-0.3, -0.25) is 4.99 Å². The highest BCUT2D eigenvalue weighted by atomic mass is 127. The summed E-state index contributed by atoms with van der Waals surface area (Å²) in [6.45, 7) is 4.80. The standard InChI is InChI=1S/C17H25N5S.HI/c1-14-8-12-23-15(14)13-22-17(18-2)21-11-6-5-10-20-16-7-3-4-9-19-16;/h3-4,7-9,12H,5-6,10-11,13H2,1-2H3,(H,19,20)(H2,18,21,22);1H. The van der Waals surface area contributed by atoms with Crippen molar-refractivity contribution in [3.63, 3.8) is 0 Å². The fourth-order valence-corrected chi connectivity index (χ4v) is 2.96. The van der Waals surface area contributed by atoms with Gasteiger partial charge >= 0.3 is 0 Å². The van der Waals surface area contributed by atoms with E-state index in [0.717, 1.165) is 44.3 Å². The number of aromatic nitrogens is 1. The molecule has 0 spiro atoms. The molecular formula is C17H26IN5S. The van der Waals surface area contributed by atoms with Gasteiger partial charge in [0.25, 0.3) is 0 Å². The first kappa shape index (κ1) is 20.7. The molecule has 3 N–H and O–H groups in total. The number of hydrogen-bond acceptors (Lipinski definition) is 4. The maximum Gasteiger partial charge on any atom is 0.191 e. The summed E-state index contributed by atoms with van der Waals surface area (Å²) in [6, 6.07) is 8.04. The van der Waals surface area contributed by atoms with Gasteiger partial charge in [0.05, 0.1) is 6.54 Å². The average molecular weight is 459 g/mol. The van der Waals surface area contributed by atoms with Crippen LogP contribution >= 0.6 is 35.3 Å². The van der Waals surface area contributed by atoms with Crippen molar-refractivity contribution in [1.29, 1.82) is 0 Å². The third-order valence-corrected chi connectivity index (χ3v) is 4.50. The molecule has 0 atom stereocenters. The predicted octanol–water partition coefficient (Wildman–Crippen LogP) is 3.63. The molecule has 0 radical (unpaired) electrons. The molecule has 2 aromatic heterocycles. The van der Waals surface area contributed by atoms with Gasteiger partial charge < -0.3 is 16.0 Å². The third-order valence-electron chi connectivity index (χ3n) is 3.48. The summed E-state index contributed by atoms with van der Waals surface area (Å²) in [5.41, 5.74) is 1.33. The van der Waals surface area contributed by atoms with E-state index in [0.29, 0.717) is 0 Å². The van der Waals surface area contributed by atoms with Crippen molar-refractivity contribution < 1.29 is 0 Å². The highest BCUT2D eigenvalue weighted by Gasteiger charge is 2.01. The molecular weight excluding hydrogens is 433 g/mol. The van der Waals surface area contributed by atoms with Crippen molar-refractivity contribution in [2.45, 2.75) is 26.3 Å². The van der Waals surface area contributed by atoms with Gasteiger partial charge in [-0.05, 0) is 48.9 Å². The summed E-state index contributed by atoms with van der Waals surface area (Å²) in [5, 5.41) is 12.1. The minimum Gasteiger partial charge on any atom is -0.370 e. The van der Waals surface area contributed by atoms with E-state index < -0.39 is 0 Å². The number of unbranched alkanes of at least 4 members (excludes halogenated alkanes) is 1. The van der Waals surface area contributed by atoms with Gasteiger partial charge in [-0.2, -0.15) is 0 Å². The summed E-state index contributed by atoms with van der Waals surface area (Å²) < 4.78 is 0. The second kappa shape index (κ2) is 12.1. The molecule has 0 unspecified atom stereocenters. The van der Waals surface area contributed by atoms with Crippen LogP contribution in [0.25, 0.3) is 0 Å². The Morgan fingerprint density at radius 2 is 2.00 bits per heavy atom. The van der Waals surface area contributed by atoms with Crippen molar-refractivity contribution in [1.82, 2.24) is 15.6 Å². The van der Waals surface area contributed by atoms with Crippen LogP contribution in [0.1, 0.15) is 23.3 Å². The highest BCUT2D eigenvalue weighted by molar-refractivity contribution is 14.0. The van der Waals surface area contributed by atoms with Crippen molar-refractivity contribution >= 4 is 47.1 Å². The Morgan fingerprint density at radius 3 is 2.67 bits per heavy atom. The molecule has 0 fully saturated rings. The van der Waals surface area contributed by atoms with Crippen molar-refractivity contribution in [3.8, 4) is 0 Å². The van der Waals surface area contributed by atoms with E-state index in [-0.39, 0.29) is 24.0 Å². The number of pyridine rings is 1. The molecule has 132 valence electrons. The van der Waals surface area contributed by atoms with Crippen LogP contribution in [0.4, 0.5) is 5.82 Å². The number of aliphatic imine (C=N–C) groups is 1. The van der Waals surface area contributed by atoms with E-state index in [4.69, 9.17) is 0 Å². The molecule has 0 aliphatic heterocycles. The molecule has 2 heterocycles. The minimum atomic E-state index is 0. The van der Waals surface area contributed by atoms with Crippen LogP contribution in [0.2, 0.25) is 0 Å². The molecule has 0 aliphatic rings. The maximum absolute atomic E-state index is 4.26. The first-order valence-corrected chi connectivity index (χ1v) is 8.80. The van der Waals surface area contributed by atoms with E-state index >= 15 is 0 Å². The second-order valence-corrected chi connectivity index (χ2v) is 6.23. The molecule has 0 saturated carbocycles. The van der Waals surface area contributed by atoms with Crippen molar-refractivity contribution in [2.24, 2.45) is 4.99 Å². The van der Waals surface area contributed by atoms with E-state index in [9.17, 15) is 0 Å².